The second-order valence-electron chi connectivity index (χ2n) is 17.0. The van der Waals surface area contributed by atoms with E-state index in [1.54, 1.807) is 0 Å². The standard InChI is InChI=1S/C64H40O/c1-4-20-41(21-5-1)44-38-45(42-22-6-2-7-23-42)40-46(39-44)60-49-28-12-14-30-51(49)61(52-31-15-13-29-50(52)60)56-36-37-57(64-63(56)55-34-18-19-35-58(55)65-64)62-53-32-16-10-26-47(53)59(43-24-8-3-9-25-43)48-27-11-17-33-54(48)62/h1-40H. The van der Waals surface area contributed by atoms with Crippen LogP contribution in [0.3, 0.4) is 0 Å². The van der Waals surface area contributed by atoms with E-state index in [-0.39, 0.29) is 0 Å². The molecule has 0 aliphatic rings. The topological polar surface area (TPSA) is 13.1 Å². The minimum Gasteiger partial charge on any atom is -0.455 e. The Hall–Kier alpha value is -8.52. The SMILES string of the molecule is c1ccc(-c2cc(-c3ccccc3)cc(-c3c4ccccc4c(-c4ccc(-c5c6ccccc6c(-c6ccccc6)c6ccccc56)c5oc6ccccc6c45)c4ccccc34)c2)cc1. The van der Waals surface area contributed by atoms with Crippen LogP contribution < -0.4 is 0 Å². The zero-order valence-electron chi connectivity index (χ0n) is 35.5. The summed E-state index contributed by atoms with van der Waals surface area (Å²) in [6.45, 7) is 0. The van der Waals surface area contributed by atoms with Crippen molar-refractivity contribution < 1.29 is 4.42 Å². The molecule has 0 aliphatic heterocycles. The molecule has 0 radical (unpaired) electrons. The monoisotopic (exact) mass is 824 g/mol. The third-order valence-corrected chi connectivity index (χ3v) is 13.4. The average Bonchev–Trinajstić information content (AvgIpc) is 3.78. The first-order valence-electron chi connectivity index (χ1n) is 22.4. The lowest BCUT2D eigenvalue weighted by Crippen LogP contribution is -1.94. The maximum atomic E-state index is 7.14. The molecule has 0 spiro atoms. The second kappa shape index (κ2) is 15.1. The summed E-state index contributed by atoms with van der Waals surface area (Å²) in [5, 5.41) is 11.9. The molecule has 0 fully saturated rings. The molecule has 1 heteroatoms. The fourth-order valence-corrected chi connectivity index (χ4v) is 10.7. The molecule has 13 aromatic rings. The summed E-state index contributed by atoms with van der Waals surface area (Å²) in [4.78, 5) is 0. The van der Waals surface area contributed by atoms with Crippen LogP contribution in [-0.4, -0.2) is 0 Å². The third kappa shape index (κ3) is 5.94. The summed E-state index contributed by atoms with van der Waals surface area (Å²) < 4.78 is 7.14. The van der Waals surface area contributed by atoms with Crippen molar-refractivity contribution in [1.29, 1.82) is 0 Å². The van der Waals surface area contributed by atoms with Crippen molar-refractivity contribution in [2.45, 2.75) is 0 Å². The van der Waals surface area contributed by atoms with Gasteiger partial charge in [-0.1, -0.05) is 212 Å². The van der Waals surface area contributed by atoms with Gasteiger partial charge in [0, 0.05) is 21.9 Å². The van der Waals surface area contributed by atoms with Crippen LogP contribution in [-0.2, 0) is 0 Å². The third-order valence-electron chi connectivity index (χ3n) is 13.4. The first-order chi connectivity index (χ1) is 32.3. The van der Waals surface area contributed by atoms with Crippen molar-refractivity contribution in [2.75, 3.05) is 0 Å². The van der Waals surface area contributed by atoms with Crippen LogP contribution >= 0.6 is 0 Å². The Bertz CT molecular complexity index is 3800. The highest BCUT2D eigenvalue weighted by Crippen LogP contribution is 2.51. The Balaban J connectivity index is 1.12. The first kappa shape index (κ1) is 37.1. The summed E-state index contributed by atoms with van der Waals surface area (Å²) >= 11 is 0. The second-order valence-corrected chi connectivity index (χ2v) is 17.0. The van der Waals surface area contributed by atoms with E-state index in [1.807, 2.05) is 0 Å². The smallest absolute Gasteiger partial charge is 0.143 e. The average molecular weight is 825 g/mol. The van der Waals surface area contributed by atoms with Gasteiger partial charge in [-0.25, -0.2) is 0 Å². The van der Waals surface area contributed by atoms with Gasteiger partial charge in [0.25, 0.3) is 0 Å². The Morgan fingerprint density at radius 3 is 1.00 bits per heavy atom. The number of furan rings is 1. The van der Waals surface area contributed by atoms with Crippen LogP contribution in [0.5, 0.6) is 0 Å². The number of hydrogen-bond acceptors (Lipinski definition) is 1. The van der Waals surface area contributed by atoms with Crippen molar-refractivity contribution in [1.82, 2.24) is 0 Å². The largest absolute Gasteiger partial charge is 0.455 e. The van der Waals surface area contributed by atoms with E-state index in [0.717, 1.165) is 33.1 Å². The van der Waals surface area contributed by atoms with Crippen molar-refractivity contribution in [3.8, 4) is 66.8 Å². The summed E-state index contributed by atoms with van der Waals surface area (Å²) in [5.41, 5.74) is 16.1. The molecule has 0 amide bonds. The zero-order valence-corrected chi connectivity index (χ0v) is 35.5. The molecule has 12 aromatic carbocycles. The highest BCUT2D eigenvalue weighted by atomic mass is 16.3. The quantitative estimate of drug-likeness (QED) is 0.152. The lowest BCUT2D eigenvalue weighted by molar-refractivity contribution is 0.670. The van der Waals surface area contributed by atoms with Gasteiger partial charge in [0.05, 0.1) is 0 Å². The molecule has 1 aromatic heterocycles. The minimum absolute atomic E-state index is 0.877. The van der Waals surface area contributed by atoms with E-state index in [1.165, 1.54) is 98.7 Å². The number of para-hydroxylation sites is 1. The number of fused-ring (bicyclic) bond motifs is 7. The predicted molar refractivity (Wildman–Crippen MR) is 276 cm³/mol. The molecule has 0 aliphatic carbocycles. The highest BCUT2D eigenvalue weighted by Gasteiger charge is 2.25. The van der Waals surface area contributed by atoms with E-state index < -0.39 is 0 Å². The van der Waals surface area contributed by atoms with Gasteiger partial charge < -0.3 is 4.42 Å². The summed E-state index contributed by atoms with van der Waals surface area (Å²) in [7, 11) is 0. The lowest BCUT2D eigenvalue weighted by Gasteiger charge is -2.20. The lowest BCUT2D eigenvalue weighted by atomic mass is 9.82. The maximum absolute atomic E-state index is 7.14. The Kier molecular flexibility index (Phi) is 8.60. The molecular formula is C64H40O. The zero-order chi connectivity index (χ0) is 42.8. The molecule has 0 saturated carbocycles. The van der Waals surface area contributed by atoms with Gasteiger partial charge in [-0.15, -0.1) is 0 Å². The van der Waals surface area contributed by atoms with Crippen molar-refractivity contribution >= 4 is 65.0 Å². The van der Waals surface area contributed by atoms with Crippen molar-refractivity contribution in [3.05, 3.63) is 243 Å². The first-order valence-corrected chi connectivity index (χ1v) is 22.4. The number of hydrogen-bond donors (Lipinski definition) is 0. The van der Waals surface area contributed by atoms with Crippen LogP contribution in [0.4, 0.5) is 0 Å². The predicted octanol–water partition coefficient (Wildman–Crippen LogP) is 18.2. The Morgan fingerprint density at radius 1 is 0.215 bits per heavy atom. The molecule has 0 bridgehead atoms. The van der Waals surface area contributed by atoms with Crippen LogP contribution in [0, 0.1) is 0 Å². The van der Waals surface area contributed by atoms with Crippen molar-refractivity contribution in [2.24, 2.45) is 0 Å². The van der Waals surface area contributed by atoms with Gasteiger partial charge in [-0.05, 0) is 129 Å². The summed E-state index contributed by atoms with van der Waals surface area (Å²) in [6, 6.07) is 88.4. The molecule has 0 unspecified atom stereocenters. The molecule has 13 rings (SSSR count). The molecule has 1 nitrogen and oxygen atoms in total. The van der Waals surface area contributed by atoms with Crippen LogP contribution in [0.15, 0.2) is 247 Å². The van der Waals surface area contributed by atoms with Gasteiger partial charge in [0.15, 0.2) is 0 Å². The van der Waals surface area contributed by atoms with Gasteiger partial charge in [-0.3, -0.25) is 0 Å². The van der Waals surface area contributed by atoms with Crippen molar-refractivity contribution in [3.63, 3.8) is 0 Å². The maximum Gasteiger partial charge on any atom is 0.143 e. The van der Waals surface area contributed by atoms with E-state index in [9.17, 15) is 0 Å². The fraction of sp³-hybridized carbons (Fsp3) is 0. The number of rotatable bonds is 6. The Morgan fingerprint density at radius 2 is 0.538 bits per heavy atom. The van der Waals surface area contributed by atoms with E-state index in [0.29, 0.717) is 0 Å². The molecule has 302 valence electrons. The minimum atomic E-state index is 0.877. The van der Waals surface area contributed by atoms with E-state index in [4.69, 9.17) is 4.42 Å². The molecule has 0 atom stereocenters. The molecule has 0 N–H and O–H groups in total. The Labute approximate surface area is 377 Å². The molecular weight excluding hydrogens is 785 g/mol. The van der Waals surface area contributed by atoms with Gasteiger partial charge in [0.1, 0.15) is 11.2 Å². The van der Waals surface area contributed by atoms with Crippen LogP contribution in [0.2, 0.25) is 0 Å². The van der Waals surface area contributed by atoms with Gasteiger partial charge in [0.2, 0.25) is 0 Å². The highest BCUT2D eigenvalue weighted by molar-refractivity contribution is 6.29. The molecule has 1 heterocycles. The molecule has 0 saturated heterocycles. The normalized spacial score (nSPS) is 11.7. The van der Waals surface area contributed by atoms with E-state index in [2.05, 4.69) is 243 Å². The number of benzene rings is 12. The van der Waals surface area contributed by atoms with Crippen LogP contribution in [0.1, 0.15) is 0 Å². The summed E-state index contributed by atoms with van der Waals surface area (Å²) in [5.74, 6) is 0. The summed E-state index contributed by atoms with van der Waals surface area (Å²) in [6.07, 6.45) is 0. The molecule has 65 heavy (non-hydrogen) atoms. The van der Waals surface area contributed by atoms with Gasteiger partial charge in [-0.2, -0.15) is 0 Å². The van der Waals surface area contributed by atoms with Gasteiger partial charge >= 0.3 is 0 Å². The van der Waals surface area contributed by atoms with Crippen LogP contribution in [0.25, 0.3) is 132 Å². The van der Waals surface area contributed by atoms with E-state index >= 15 is 0 Å². The fourth-order valence-electron chi connectivity index (χ4n) is 10.7.